The van der Waals surface area contributed by atoms with E-state index in [1.54, 1.807) is 35.6 Å². The van der Waals surface area contributed by atoms with Crippen molar-refractivity contribution in [3.8, 4) is 11.5 Å². The van der Waals surface area contributed by atoms with Gasteiger partial charge in [-0.3, -0.25) is 4.79 Å². The van der Waals surface area contributed by atoms with E-state index >= 15 is 0 Å². The molecule has 0 aliphatic heterocycles. The van der Waals surface area contributed by atoms with E-state index < -0.39 is 5.97 Å². The number of thiophene rings is 1. The monoisotopic (exact) mass is 499 g/mol. The van der Waals surface area contributed by atoms with Crippen LogP contribution in [-0.4, -0.2) is 17.0 Å². The largest absolute Gasteiger partial charge is 0.477 e. The number of unbranched alkanes of at least 4 members (excludes halogenated alkanes) is 1. The third kappa shape index (κ3) is 7.38. The Morgan fingerprint density at radius 3 is 2.48 bits per heavy atom. The Bertz CT molecular complexity index is 1050. The molecule has 0 fully saturated rings. The van der Waals surface area contributed by atoms with Crippen molar-refractivity contribution in [3.63, 3.8) is 0 Å². The summed E-state index contributed by atoms with van der Waals surface area (Å²) < 4.78 is 6.65. The van der Waals surface area contributed by atoms with E-state index in [9.17, 15) is 14.7 Å². The molecule has 0 saturated carbocycles. The van der Waals surface area contributed by atoms with Gasteiger partial charge in [0, 0.05) is 11.3 Å². The standard InChI is InChI=1S/C24H22BrNO4S/c25-20-8-2-3-9-22(20)30-18-13-11-17(12-14-18)16-21(24(28)29)26-23(27)10-4-1-6-19-7-5-15-31-19/h2-3,5,7-9,11-16H,1,4,6,10H2,(H,26,27)(H,28,29)/b21-16-. The molecule has 5 nitrogen and oxygen atoms in total. The lowest BCUT2D eigenvalue weighted by molar-refractivity contribution is -0.134. The molecule has 7 heteroatoms. The first kappa shape index (κ1) is 22.8. The van der Waals surface area contributed by atoms with Gasteiger partial charge < -0.3 is 15.2 Å². The van der Waals surface area contributed by atoms with Crippen molar-refractivity contribution in [2.75, 3.05) is 0 Å². The summed E-state index contributed by atoms with van der Waals surface area (Å²) in [4.78, 5) is 25.0. The van der Waals surface area contributed by atoms with Crippen LogP contribution in [0.2, 0.25) is 0 Å². The average Bonchev–Trinajstić information content (AvgIpc) is 3.27. The lowest BCUT2D eigenvalue weighted by Crippen LogP contribution is -2.26. The van der Waals surface area contributed by atoms with Gasteiger partial charge in [-0.1, -0.05) is 30.3 Å². The number of aryl methyl sites for hydroxylation is 1. The number of nitrogens with one attached hydrogen (secondary N) is 1. The van der Waals surface area contributed by atoms with E-state index in [4.69, 9.17) is 4.74 Å². The number of ether oxygens (including phenoxy) is 1. The highest BCUT2D eigenvalue weighted by Gasteiger charge is 2.12. The summed E-state index contributed by atoms with van der Waals surface area (Å²) >= 11 is 5.13. The highest BCUT2D eigenvalue weighted by Crippen LogP contribution is 2.29. The fraction of sp³-hybridized carbons (Fsp3) is 0.167. The van der Waals surface area contributed by atoms with Crippen molar-refractivity contribution in [2.45, 2.75) is 25.7 Å². The Kier molecular flexibility index (Phi) is 8.44. The zero-order valence-corrected chi connectivity index (χ0v) is 19.1. The van der Waals surface area contributed by atoms with E-state index in [1.807, 2.05) is 35.7 Å². The van der Waals surface area contributed by atoms with Crippen LogP contribution in [-0.2, 0) is 16.0 Å². The van der Waals surface area contributed by atoms with E-state index in [0.29, 0.717) is 23.5 Å². The number of aliphatic carboxylic acids is 1. The summed E-state index contributed by atoms with van der Waals surface area (Å²) in [7, 11) is 0. The highest BCUT2D eigenvalue weighted by molar-refractivity contribution is 9.10. The van der Waals surface area contributed by atoms with Gasteiger partial charge in [-0.2, -0.15) is 0 Å². The summed E-state index contributed by atoms with van der Waals surface area (Å²) in [5.74, 6) is -0.173. The Morgan fingerprint density at radius 1 is 1.03 bits per heavy atom. The number of carbonyl (C=O) groups is 2. The van der Waals surface area contributed by atoms with Crippen LogP contribution >= 0.6 is 27.3 Å². The number of para-hydroxylation sites is 1. The van der Waals surface area contributed by atoms with Crippen LogP contribution < -0.4 is 10.1 Å². The van der Waals surface area contributed by atoms with Crippen molar-refractivity contribution >= 4 is 45.2 Å². The second-order valence-corrected chi connectivity index (χ2v) is 8.69. The van der Waals surface area contributed by atoms with Gasteiger partial charge in [-0.25, -0.2) is 4.79 Å². The minimum absolute atomic E-state index is 0.150. The summed E-state index contributed by atoms with van der Waals surface area (Å²) in [6, 6.07) is 18.6. The van der Waals surface area contributed by atoms with Gasteiger partial charge in [-0.05, 0) is 82.5 Å². The van der Waals surface area contributed by atoms with Crippen LogP contribution in [0.15, 0.2) is 76.2 Å². The molecule has 2 aromatic carbocycles. The number of hydrogen-bond acceptors (Lipinski definition) is 4. The number of carboxylic acid groups (broad SMARTS) is 1. The van der Waals surface area contributed by atoms with Crippen molar-refractivity contribution in [3.05, 3.63) is 86.7 Å². The molecule has 1 aromatic heterocycles. The van der Waals surface area contributed by atoms with Gasteiger partial charge in [0.05, 0.1) is 4.47 Å². The number of rotatable bonds is 10. The third-order valence-electron chi connectivity index (χ3n) is 4.42. The molecule has 2 N–H and O–H groups in total. The molecule has 0 saturated heterocycles. The zero-order chi connectivity index (χ0) is 22.1. The maximum atomic E-state index is 12.2. The van der Waals surface area contributed by atoms with Crippen molar-refractivity contribution in [1.29, 1.82) is 0 Å². The maximum absolute atomic E-state index is 12.2. The summed E-state index contributed by atoms with van der Waals surface area (Å²) in [6.07, 6.45) is 4.25. The van der Waals surface area contributed by atoms with Crippen LogP contribution in [0.4, 0.5) is 0 Å². The molecule has 31 heavy (non-hydrogen) atoms. The fourth-order valence-electron chi connectivity index (χ4n) is 2.86. The first-order chi connectivity index (χ1) is 15.0. The first-order valence-corrected chi connectivity index (χ1v) is 11.5. The first-order valence-electron chi connectivity index (χ1n) is 9.81. The summed E-state index contributed by atoms with van der Waals surface area (Å²) in [5, 5.41) is 14.0. The SMILES string of the molecule is O=C(CCCCc1cccs1)N/C(=C\c1ccc(Oc2ccccc2Br)cc1)C(=O)O. The quantitative estimate of drug-likeness (QED) is 0.255. The Labute approximate surface area is 193 Å². The van der Waals surface area contributed by atoms with Crippen LogP contribution in [0.3, 0.4) is 0 Å². The van der Waals surface area contributed by atoms with Gasteiger partial charge in [0.2, 0.25) is 5.91 Å². The molecule has 0 atom stereocenters. The molecule has 0 bridgehead atoms. The Morgan fingerprint density at radius 2 is 1.81 bits per heavy atom. The Hall–Kier alpha value is -2.90. The van der Waals surface area contributed by atoms with Crippen LogP contribution in [0, 0.1) is 0 Å². The number of carboxylic acids is 1. The molecule has 0 unspecified atom stereocenters. The molecule has 3 aromatic rings. The number of hydrogen-bond donors (Lipinski definition) is 2. The van der Waals surface area contributed by atoms with Gasteiger partial charge in [0.25, 0.3) is 0 Å². The molecule has 0 radical (unpaired) electrons. The maximum Gasteiger partial charge on any atom is 0.352 e. The lowest BCUT2D eigenvalue weighted by atomic mass is 10.1. The number of amides is 1. The van der Waals surface area contributed by atoms with Crippen molar-refractivity contribution in [2.24, 2.45) is 0 Å². The van der Waals surface area contributed by atoms with Crippen LogP contribution in [0.25, 0.3) is 6.08 Å². The normalized spacial score (nSPS) is 11.2. The second kappa shape index (κ2) is 11.5. The molecule has 1 amide bonds. The Balaban J connectivity index is 1.55. The van der Waals surface area contributed by atoms with Crippen molar-refractivity contribution < 1.29 is 19.4 Å². The average molecular weight is 500 g/mol. The van der Waals surface area contributed by atoms with Crippen LogP contribution in [0.5, 0.6) is 11.5 Å². The number of halogens is 1. The van der Waals surface area contributed by atoms with Crippen molar-refractivity contribution in [1.82, 2.24) is 5.32 Å². The van der Waals surface area contributed by atoms with E-state index in [2.05, 4.69) is 27.3 Å². The predicted octanol–water partition coefficient (Wildman–Crippen LogP) is 6.26. The van der Waals surface area contributed by atoms with Gasteiger partial charge in [0.15, 0.2) is 0 Å². The minimum Gasteiger partial charge on any atom is -0.477 e. The molecule has 0 aliphatic carbocycles. The molecule has 3 rings (SSSR count). The fourth-order valence-corrected chi connectivity index (χ4v) is 3.97. The van der Waals surface area contributed by atoms with Gasteiger partial charge in [0.1, 0.15) is 17.2 Å². The smallest absolute Gasteiger partial charge is 0.352 e. The molecular weight excluding hydrogens is 478 g/mol. The predicted molar refractivity (Wildman–Crippen MR) is 126 cm³/mol. The minimum atomic E-state index is -1.18. The lowest BCUT2D eigenvalue weighted by Gasteiger charge is -2.08. The number of carbonyl (C=O) groups excluding carboxylic acids is 1. The topological polar surface area (TPSA) is 75.6 Å². The molecule has 160 valence electrons. The summed E-state index contributed by atoms with van der Waals surface area (Å²) in [6.45, 7) is 0. The van der Waals surface area contributed by atoms with E-state index in [1.165, 1.54) is 11.0 Å². The second-order valence-electron chi connectivity index (χ2n) is 6.80. The zero-order valence-electron chi connectivity index (χ0n) is 16.7. The molecule has 0 spiro atoms. The highest BCUT2D eigenvalue weighted by atomic mass is 79.9. The van der Waals surface area contributed by atoms with E-state index in [-0.39, 0.29) is 18.0 Å². The molecule has 0 aliphatic rings. The summed E-state index contributed by atoms with van der Waals surface area (Å²) in [5.41, 5.74) is 0.498. The van der Waals surface area contributed by atoms with Gasteiger partial charge in [-0.15, -0.1) is 11.3 Å². The van der Waals surface area contributed by atoms with Gasteiger partial charge >= 0.3 is 5.97 Å². The third-order valence-corrected chi connectivity index (χ3v) is 6.01. The molecule has 1 heterocycles. The van der Waals surface area contributed by atoms with E-state index in [0.717, 1.165) is 17.3 Å². The van der Waals surface area contributed by atoms with Crippen LogP contribution in [0.1, 0.15) is 29.7 Å². The molecular formula is C24H22BrNO4S. The number of benzene rings is 2.